The van der Waals surface area contributed by atoms with Gasteiger partial charge in [-0.1, -0.05) is 17.8 Å². The van der Waals surface area contributed by atoms with E-state index in [1.165, 1.54) is 43.5 Å². The Morgan fingerprint density at radius 3 is 2.44 bits per heavy atom. The zero-order valence-electron chi connectivity index (χ0n) is 13.5. The molecule has 0 fully saturated rings. The maximum atomic E-state index is 14.2. The minimum Gasteiger partial charge on any atom is -0.464 e. The molecule has 0 aliphatic heterocycles. The highest BCUT2D eigenvalue weighted by atomic mass is 32.2. The Balaban J connectivity index is 2.11. The molecular weight excluding hydrogens is 348 g/mol. The van der Waals surface area contributed by atoms with Crippen LogP contribution in [0.5, 0.6) is 11.5 Å². The maximum Gasteiger partial charge on any atom is 0.362 e. The average molecular weight is 363 g/mol. The number of nitrogens with one attached hydrogen (secondary N) is 1. The van der Waals surface area contributed by atoms with Gasteiger partial charge in [0.15, 0.2) is 16.6 Å². The number of hydrogen-bond acceptors (Lipinski definition) is 5. The Hall–Kier alpha value is -2.67. The summed E-state index contributed by atoms with van der Waals surface area (Å²) in [5.74, 6) is -1.38. The first-order valence-corrected chi connectivity index (χ1v) is 8.02. The number of carbonyl (C=O) groups excluding carboxylic acids is 1. The molecule has 25 heavy (non-hydrogen) atoms. The maximum absolute atomic E-state index is 14.2. The first kappa shape index (κ1) is 18.7. The van der Waals surface area contributed by atoms with Crippen LogP contribution in [0.4, 0.5) is 8.78 Å². The third-order valence-corrected chi connectivity index (χ3v) is 4.03. The molecule has 0 aromatic heterocycles. The molecular formula is C18H15F2NO3S. The number of rotatable bonds is 4. The molecule has 0 aliphatic rings. The van der Waals surface area contributed by atoms with Crippen molar-refractivity contribution in [3.63, 3.8) is 0 Å². The third-order valence-electron chi connectivity index (χ3n) is 3.15. The van der Waals surface area contributed by atoms with Gasteiger partial charge >= 0.3 is 5.97 Å². The molecule has 0 radical (unpaired) electrons. The van der Waals surface area contributed by atoms with Crippen molar-refractivity contribution in [2.45, 2.75) is 6.92 Å². The number of allylic oxidation sites excluding steroid dienone is 1. The van der Waals surface area contributed by atoms with Crippen molar-refractivity contribution >= 4 is 28.3 Å². The number of ether oxygens (including phenoxy) is 2. The lowest BCUT2D eigenvalue weighted by molar-refractivity contribution is -0.132. The SMILES string of the molecule is COC(=O)C(=N)S/C=C(\C)c1ccc(Oc2ccc(F)cc2)c(F)c1. The van der Waals surface area contributed by atoms with E-state index < -0.39 is 17.6 Å². The Morgan fingerprint density at radius 2 is 1.84 bits per heavy atom. The molecule has 2 rings (SSSR count). The van der Waals surface area contributed by atoms with Crippen LogP contribution in [0.3, 0.4) is 0 Å². The van der Waals surface area contributed by atoms with E-state index in [0.717, 1.165) is 11.8 Å². The highest BCUT2D eigenvalue weighted by Gasteiger charge is 2.10. The minimum absolute atomic E-state index is 0.0121. The summed E-state index contributed by atoms with van der Waals surface area (Å²) in [7, 11) is 1.20. The topological polar surface area (TPSA) is 59.4 Å². The van der Waals surface area contributed by atoms with Gasteiger partial charge in [0.05, 0.1) is 7.11 Å². The predicted octanol–water partition coefficient (Wildman–Crippen LogP) is 5.00. The van der Waals surface area contributed by atoms with Gasteiger partial charge in [-0.2, -0.15) is 0 Å². The van der Waals surface area contributed by atoms with Crippen molar-refractivity contribution in [1.82, 2.24) is 0 Å². The molecule has 0 bridgehead atoms. The molecule has 2 aromatic carbocycles. The van der Waals surface area contributed by atoms with E-state index in [2.05, 4.69) is 4.74 Å². The first-order valence-electron chi connectivity index (χ1n) is 7.14. The number of benzene rings is 2. The number of hydrogen-bond donors (Lipinski definition) is 1. The van der Waals surface area contributed by atoms with Gasteiger partial charge in [-0.25, -0.2) is 13.6 Å². The van der Waals surface area contributed by atoms with Crippen molar-refractivity contribution in [2.24, 2.45) is 0 Å². The second-order valence-electron chi connectivity index (χ2n) is 4.94. The van der Waals surface area contributed by atoms with Gasteiger partial charge in [0, 0.05) is 0 Å². The summed E-state index contributed by atoms with van der Waals surface area (Å²) in [4.78, 5) is 11.2. The highest BCUT2D eigenvalue weighted by molar-refractivity contribution is 8.18. The van der Waals surface area contributed by atoms with Gasteiger partial charge in [0.2, 0.25) is 0 Å². The fraction of sp³-hybridized carbons (Fsp3) is 0.111. The zero-order valence-corrected chi connectivity index (χ0v) is 14.3. The lowest BCUT2D eigenvalue weighted by Gasteiger charge is -2.09. The Labute approximate surface area is 148 Å². The molecule has 0 saturated heterocycles. The average Bonchev–Trinajstić information content (AvgIpc) is 2.62. The number of thioether (sulfide) groups is 1. The van der Waals surface area contributed by atoms with Crippen LogP contribution in [-0.4, -0.2) is 18.1 Å². The van der Waals surface area contributed by atoms with E-state index in [1.807, 2.05) is 0 Å². The quantitative estimate of drug-likeness (QED) is 0.472. The van der Waals surface area contributed by atoms with Gasteiger partial charge in [0.25, 0.3) is 0 Å². The molecule has 0 spiro atoms. The molecule has 130 valence electrons. The molecule has 0 heterocycles. The second-order valence-corrected chi connectivity index (χ2v) is 5.82. The monoisotopic (exact) mass is 363 g/mol. The predicted molar refractivity (Wildman–Crippen MR) is 93.9 cm³/mol. The standard InChI is InChI=1S/C18H15F2NO3S/c1-11(10-25-17(21)18(22)23-2)12-3-8-16(15(20)9-12)24-14-6-4-13(19)5-7-14/h3-10,21H,1-2H3/b11-10+,21-17?. The van der Waals surface area contributed by atoms with Gasteiger partial charge in [-0.05, 0) is 59.9 Å². The van der Waals surface area contributed by atoms with Gasteiger partial charge in [0.1, 0.15) is 11.6 Å². The van der Waals surface area contributed by atoms with Crippen LogP contribution in [0.2, 0.25) is 0 Å². The fourth-order valence-electron chi connectivity index (χ4n) is 1.81. The van der Waals surface area contributed by atoms with E-state index in [1.54, 1.807) is 18.4 Å². The normalized spacial score (nSPS) is 11.1. The van der Waals surface area contributed by atoms with Crippen LogP contribution in [0, 0.1) is 17.0 Å². The number of halogens is 2. The number of esters is 1. The van der Waals surface area contributed by atoms with Crippen LogP contribution in [0.15, 0.2) is 47.9 Å². The molecule has 7 heteroatoms. The summed E-state index contributed by atoms with van der Waals surface area (Å²) < 4.78 is 36.9. The van der Waals surface area contributed by atoms with E-state index in [-0.39, 0.29) is 10.8 Å². The van der Waals surface area contributed by atoms with Crippen LogP contribution in [0.25, 0.3) is 5.57 Å². The van der Waals surface area contributed by atoms with Crippen LogP contribution in [0.1, 0.15) is 12.5 Å². The summed E-state index contributed by atoms with van der Waals surface area (Å²) in [5, 5.41) is 8.79. The van der Waals surface area contributed by atoms with Gasteiger partial charge < -0.3 is 9.47 Å². The van der Waals surface area contributed by atoms with Crippen molar-refractivity contribution in [2.75, 3.05) is 7.11 Å². The summed E-state index contributed by atoms with van der Waals surface area (Å²) in [6, 6.07) is 9.65. The first-order chi connectivity index (χ1) is 11.9. The largest absolute Gasteiger partial charge is 0.464 e. The molecule has 2 aromatic rings. The smallest absolute Gasteiger partial charge is 0.362 e. The van der Waals surface area contributed by atoms with E-state index >= 15 is 0 Å². The molecule has 0 amide bonds. The summed E-state index contributed by atoms with van der Waals surface area (Å²) in [6.45, 7) is 1.73. The molecule has 0 atom stereocenters. The third kappa shape index (κ3) is 5.15. The molecule has 1 N–H and O–H groups in total. The Morgan fingerprint density at radius 1 is 1.16 bits per heavy atom. The number of methoxy groups -OCH3 is 1. The van der Waals surface area contributed by atoms with Crippen molar-refractivity contribution in [1.29, 1.82) is 5.41 Å². The second kappa shape index (κ2) is 8.43. The van der Waals surface area contributed by atoms with Crippen LogP contribution >= 0.6 is 11.8 Å². The Kier molecular flexibility index (Phi) is 6.30. The lowest BCUT2D eigenvalue weighted by Crippen LogP contribution is -2.09. The van der Waals surface area contributed by atoms with E-state index in [4.69, 9.17) is 10.1 Å². The van der Waals surface area contributed by atoms with Crippen molar-refractivity contribution in [3.05, 3.63) is 65.1 Å². The Bertz CT molecular complexity index is 820. The summed E-state index contributed by atoms with van der Waals surface area (Å²) >= 11 is 0.884. The summed E-state index contributed by atoms with van der Waals surface area (Å²) in [6.07, 6.45) is 0. The fourth-order valence-corrected chi connectivity index (χ4v) is 2.42. The molecule has 0 unspecified atom stereocenters. The minimum atomic E-state index is -0.733. The van der Waals surface area contributed by atoms with Crippen molar-refractivity contribution < 1.29 is 23.0 Å². The number of carbonyl (C=O) groups is 1. The van der Waals surface area contributed by atoms with Gasteiger partial charge in [-0.15, -0.1) is 0 Å². The molecule has 4 nitrogen and oxygen atoms in total. The molecule has 0 saturated carbocycles. The van der Waals surface area contributed by atoms with Crippen LogP contribution in [-0.2, 0) is 9.53 Å². The van der Waals surface area contributed by atoms with E-state index in [9.17, 15) is 13.6 Å². The van der Waals surface area contributed by atoms with E-state index in [0.29, 0.717) is 16.9 Å². The van der Waals surface area contributed by atoms with Crippen LogP contribution < -0.4 is 4.74 Å². The lowest BCUT2D eigenvalue weighted by atomic mass is 10.1. The van der Waals surface area contributed by atoms with Crippen molar-refractivity contribution in [3.8, 4) is 11.5 Å². The van der Waals surface area contributed by atoms with Gasteiger partial charge in [-0.3, -0.25) is 5.41 Å². The summed E-state index contributed by atoms with van der Waals surface area (Å²) in [5.41, 5.74) is 1.25. The zero-order chi connectivity index (χ0) is 18.4. The molecule has 0 aliphatic carbocycles. The highest BCUT2D eigenvalue weighted by Crippen LogP contribution is 2.28.